The number of rotatable bonds is 4. The summed E-state index contributed by atoms with van der Waals surface area (Å²) in [6, 6.07) is 2.58. The van der Waals surface area contributed by atoms with Gasteiger partial charge in [-0.15, -0.1) is 24.8 Å². The highest BCUT2D eigenvalue weighted by molar-refractivity contribution is 5.85. The Morgan fingerprint density at radius 2 is 2.26 bits per heavy atom. The van der Waals surface area contributed by atoms with Gasteiger partial charge in [0.1, 0.15) is 12.4 Å². The van der Waals surface area contributed by atoms with Gasteiger partial charge in [0, 0.05) is 6.04 Å². The highest BCUT2D eigenvalue weighted by Crippen LogP contribution is 2.19. The van der Waals surface area contributed by atoms with Crippen LogP contribution in [0.5, 0.6) is 5.75 Å². The predicted molar refractivity (Wildman–Crippen MR) is 84.7 cm³/mol. The molecule has 0 N–H and O–H groups in total. The number of halogens is 2. The van der Waals surface area contributed by atoms with E-state index in [4.69, 9.17) is 4.74 Å². The number of aromatic nitrogens is 1. The third-order valence-electron chi connectivity index (χ3n) is 3.40. The molecule has 0 spiro atoms. The average Bonchev–Trinajstić information content (AvgIpc) is 2.72. The van der Waals surface area contributed by atoms with Gasteiger partial charge in [-0.05, 0) is 51.1 Å². The van der Waals surface area contributed by atoms with E-state index in [2.05, 4.69) is 23.5 Å². The highest BCUT2D eigenvalue weighted by Gasteiger charge is 2.21. The maximum Gasteiger partial charge on any atom is 0.137 e. The molecule has 2 rings (SSSR count). The summed E-state index contributed by atoms with van der Waals surface area (Å²) in [6.45, 7) is 7.69. The van der Waals surface area contributed by atoms with Gasteiger partial charge in [0.25, 0.3) is 0 Å². The van der Waals surface area contributed by atoms with Crippen molar-refractivity contribution in [1.29, 1.82) is 0 Å². The van der Waals surface area contributed by atoms with Crippen molar-refractivity contribution in [2.75, 3.05) is 20.2 Å². The zero-order valence-corrected chi connectivity index (χ0v) is 13.1. The van der Waals surface area contributed by atoms with Gasteiger partial charge < -0.3 is 9.64 Å². The lowest BCUT2D eigenvalue weighted by molar-refractivity contribution is 0.197. The Morgan fingerprint density at radius 1 is 1.53 bits per heavy atom. The molecule has 1 aromatic heterocycles. The Balaban J connectivity index is 0.00000162. The van der Waals surface area contributed by atoms with E-state index in [-0.39, 0.29) is 24.8 Å². The van der Waals surface area contributed by atoms with E-state index in [1.54, 1.807) is 12.3 Å². The third kappa shape index (κ3) is 4.68. The van der Waals surface area contributed by atoms with Crippen molar-refractivity contribution in [1.82, 2.24) is 9.88 Å². The molecule has 1 aliphatic rings. The van der Waals surface area contributed by atoms with Gasteiger partial charge in [-0.1, -0.05) is 6.58 Å². The number of likely N-dealkylation sites (N-methyl/N-ethyl adjacent to an activating group) is 1. The standard InChI is InChI=1S/C14H20N2O.2ClH/c1-4-14-11(2)8-13(9-15-14)17-10-12-6-5-7-16(12)3;;/h4,8-9,12H,1,5-7,10H2,2-3H3;2*1H/t12-;;/m0../s1. The summed E-state index contributed by atoms with van der Waals surface area (Å²) in [4.78, 5) is 6.66. The number of aryl methyl sites for hydroxylation is 1. The molecule has 19 heavy (non-hydrogen) atoms. The van der Waals surface area contributed by atoms with Crippen molar-refractivity contribution in [3.05, 3.63) is 30.1 Å². The van der Waals surface area contributed by atoms with E-state index < -0.39 is 0 Å². The summed E-state index contributed by atoms with van der Waals surface area (Å²) < 4.78 is 5.80. The van der Waals surface area contributed by atoms with Crippen molar-refractivity contribution < 1.29 is 4.74 Å². The Kier molecular flexibility index (Phi) is 8.07. The molecule has 1 fully saturated rings. The number of nitrogens with zero attached hydrogens (tertiary/aromatic N) is 2. The summed E-state index contributed by atoms with van der Waals surface area (Å²) in [5, 5.41) is 0. The number of hydrogen-bond acceptors (Lipinski definition) is 3. The lowest BCUT2D eigenvalue weighted by Crippen LogP contribution is -2.30. The number of likely N-dealkylation sites (tertiary alicyclic amines) is 1. The smallest absolute Gasteiger partial charge is 0.137 e. The molecule has 1 aliphatic heterocycles. The second-order valence-electron chi connectivity index (χ2n) is 4.66. The Morgan fingerprint density at radius 3 is 2.79 bits per heavy atom. The fourth-order valence-electron chi connectivity index (χ4n) is 2.23. The first-order chi connectivity index (χ1) is 8.20. The molecular formula is C14H22Cl2N2O. The number of pyridine rings is 1. The van der Waals surface area contributed by atoms with Crippen LogP contribution in [0.1, 0.15) is 24.1 Å². The molecular weight excluding hydrogens is 283 g/mol. The van der Waals surface area contributed by atoms with Crippen LogP contribution in [0.2, 0.25) is 0 Å². The molecule has 2 heterocycles. The van der Waals surface area contributed by atoms with Gasteiger partial charge in [0.15, 0.2) is 0 Å². The summed E-state index contributed by atoms with van der Waals surface area (Å²) in [6.07, 6.45) is 6.05. The fraction of sp³-hybridized carbons (Fsp3) is 0.500. The lowest BCUT2D eigenvalue weighted by atomic mass is 10.2. The Bertz CT molecular complexity index is 412. The van der Waals surface area contributed by atoms with Gasteiger partial charge in [-0.25, -0.2) is 0 Å². The third-order valence-corrected chi connectivity index (χ3v) is 3.40. The summed E-state index contributed by atoms with van der Waals surface area (Å²) in [7, 11) is 2.16. The lowest BCUT2D eigenvalue weighted by Gasteiger charge is -2.19. The number of ether oxygens (including phenoxy) is 1. The largest absolute Gasteiger partial charge is 0.490 e. The van der Waals surface area contributed by atoms with E-state index in [9.17, 15) is 0 Å². The molecule has 108 valence electrons. The van der Waals surface area contributed by atoms with E-state index >= 15 is 0 Å². The van der Waals surface area contributed by atoms with Crippen molar-refractivity contribution in [2.24, 2.45) is 0 Å². The van der Waals surface area contributed by atoms with E-state index in [1.165, 1.54) is 19.4 Å². The molecule has 0 saturated carbocycles. The van der Waals surface area contributed by atoms with Gasteiger partial charge in [-0.3, -0.25) is 4.98 Å². The predicted octanol–water partition coefficient (Wildman–Crippen LogP) is 3.35. The molecule has 0 aromatic carbocycles. The van der Waals surface area contributed by atoms with Gasteiger partial charge in [0.05, 0.1) is 11.9 Å². The molecule has 5 heteroatoms. The van der Waals surface area contributed by atoms with Crippen molar-refractivity contribution in [2.45, 2.75) is 25.8 Å². The van der Waals surface area contributed by atoms with Crippen LogP contribution in [0.3, 0.4) is 0 Å². The average molecular weight is 305 g/mol. The molecule has 1 aromatic rings. The monoisotopic (exact) mass is 304 g/mol. The number of hydrogen-bond donors (Lipinski definition) is 0. The normalized spacial score (nSPS) is 18.3. The Hall–Kier alpha value is -0.770. The molecule has 0 bridgehead atoms. The van der Waals surface area contributed by atoms with Gasteiger partial charge in [-0.2, -0.15) is 0 Å². The Labute approximate surface area is 127 Å². The SMILES string of the molecule is C=Cc1ncc(OC[C@@H]2CCCN2C)cc1C.Cl.Cl. The second-order valence-corrected chi connectivity index (χ2v) is 4.66. The first-order valence-corrected chi connectivity index (χ1v) is 6.13. The van der Waals surface area contributed by atoms with Crippen molar-refractivity contribution >= 4 is 30.9 Å². The zero-order valence-electron chi connectivity index (χ0n) is 11.5. The second kappa shape index (κ2) is 8.41. The summed E-state index contributed by atoms with van der Waals surface area (Å²) >= 11 is 0. The molecule has 0 aliphatic carbocycles. The molecule has 1 saturated heterocycles. The van der Waals surface area contributed by atoms with Crippen LogP contribution >= 0.6 is 24.8 Å². The van der Waals surface area contributed by atoms with Crippen LogP contribution < -0.4 is 4.74 Å². The quantitative estimate of drug-likeness (QED) is 0.853. The minimum absolute atomic E-state index is 0. The van der Waals surface area contributed by atoms with Crippen molar-refractivity contribution in [3.63, 3.8) is 0 Å². The van der Waals surface area contributed by atoms with E-state index in [0.29, 0.717) is 6.04 Å². The van der Waals surface area contributed by atoms with Crippen LogP contribution in [0.4, 0.5) is 0 Å². The molecule has 0 amide bonds. The zero-order chi connectivity index (χ0) is 12.3. The van der Waals surface area contributed by atoms with Crippen LogP contribution in [-0.2, 0) is 0 Å². The van der Waals surface area contributed by atoms with Crippen LogP contribution in [0.15, 0.2) is 18.8 Å². The fourth-order valence-corrected chi connectivity index (χ4v) is 2.23. The minimum atomic E-state index is 0. The first kappa shape index (κ1) is 18.2. The molecule has 1 atom stereocenters. The van der Waals surface area contributed by atoms with Crippen LogP contribution in [-0.4, -0.2) is 36.1 Å². The van der Waals surface area contributed by atoms with Gasteiger partial charge >= 0.3 is 0 Å². The highest BCUT2D eigenvalue weighted by atomic mass is 35.5. The maximum absolute atomic E-state index is 5.80. The molecule has 0 unspecified atom stereocenters. The van der Waals surface area contributed by atoms with E-state index in [1.807, 2.05) is 13.0 Å². The van der Waals surface area contributed by atoms with E-state index in [0.717, 1.165) is 23.6 Å². The maximum atomic E-state index is 5.80. The van der Waals surface area contributed by atoms with Crippen molar-refractivity contribution in [3.8, 4) is 5.75 Å². The molecule has 3 nitrogen and oxygen atoms in total. The van der Waals surface area contributed by atoms with Gasteiger partial charge in [0.2, 0.25) is 0 Å². The molecule has 0 radical (unpaired) electrons. The van der Waals surface area contributed by atoms with Crippen LogP contribution in [0, 0.1) is 6.92 Å². The summed E-state index contributed by atoms with van der Waals surface area (Å²) in [5.74, 6) is 0.855. The minimum Gasteiger partial charge on any atom is -0.490 e. The first-order valence-electron chi connectivity index (χ1n) is 6.13. The summed E-state index contributed by atoms with van der Waals surface area (Å²) in [5.41, 5.74) is 2.03. The topological polar surface area (TPSA) is 25.4 Å². The van der Waals surface area contributed by atoms with Crippen LogP contribution in [0.25, 0.3) is 6.08 Å².